The Bertz CT molecular complexity index is 793. The van der Waals surface area contributed by atoms with E-state index in [1.807, 2.05) is 0 Å². The van der Waals surface area contributed by atoms with Gasteiger partial charge in [0.25, 0.3) is 5.91 Å². The lowest BCUT2D eigenvalue weighted by Crippen LogP contribution is -2.31. The highest BCUT2D eigenvalue weighted by Gasteiger charge is 2.23. The second-order valence-corrected chi connectivity index (χ2v) is 4.94. The molecule has 2 rings (SSSR count). The summed E-state index contributed by atoms with van der Waals surface area (Å²) in [6.07, 6.45) is -1.24. The highest BCUT2D eigenvalue weighted by Crippen LogP contribution is 2.32. The Balaban J connectivity index is 2.18. The molecular weight excluding hydrogens is 338 g/mol. The van der Waals surface area contributed by atoms with E-state index in [4.69, 9.17) is 9.47 Å². The monoisotopic (exact) mass is 352 g/mol. The number of halogens is 2. The summed E-state index contributed by atoms with van der Waals surface area (Å²) in [5.41, 5.74) is -1.02. The first kappa shape index (κ1) is 18.1. The van der Waals surface area contributed by atoms with Crippen LogP contribution in [0.5, 0.6) is 11.5 Å². The van der Waals surface area contributed by atoms with Gasteiger partial charge >= 0.3 is 5.69 Å². The van der Waals surface area contributed by atoms with E-state index in [0.29, 0.717) is 0 Å². The summed E-state index contributed by atoms with van der Waals surface area (Å²) in [6.45, 7) is 1.29. The number of methoxy groups -OCH3 is 1. The predicted molar refractivity (Wildman–Crippen MR) is 84.7 cm³/mol. The number of benzene rings is 2. The lowest BCUT2D eigenvalue weighted by Gasteiger charge is -2.15. The number of ether oxygens (including phenoxy) is 2. The highest BCUT2D eigenvalue weighted by atomic mass is 19.1. The van der Waals surface area contributed by atoms with Gasteiger partial charge in [0.15, 0.2) is 11.9 Å². The minimum Gasteiger partial charge on any atom is -0.496 e. The van der Waals surface area contributed by atoms with Gasteiger partial charge in [-0.2, -0.15) is 0 Å². The zero-order valence-electron chi connectivity index (χ0n) is 13.3. The van der Waals surface area contributed by atoms with Gasteiger partial charge in [0, 0.05) is 0 Å². The molecular formula is C16H14F2N2O5. The first-order valence-electron chi connectivity index (χ1n) is 7.07. The third-order valence-electron chi connectivity index (χ3n) is 3.25. The first-order chi connectivity index (χ1) is 11.8. The number of nitrogens with zero attached hydrogens (tertiary/aromatic N) is 1. The first-order valence-corrected chi connectivity index (χ1v) is 7.07. The Morgan fingerprint density at radius 3 is 2.44 bits per heavy atom. The van der Waals surface area contributed by atoms with Crippen LogP contribution in [0.15, 0.2) is 36.4 Å². The fraction of sp³-hybridized carbons (Fsp3) is 0.188. The van der Waals surface area contributed by atoms with Crippen LogP contribution in [0.1, 0.15) is 6.92 Å². The average molecular weight is 352 g/mol. The molecule has 25 heavy (non-hydrogen) atoms. The van der Waals surface area contributed by atoms with Crippen LogP contribution in [-0.2, 0) is 4.79 Å². The van der Waals surface area contributed by atoms with Crippen molar-refractivity contribution in [1.29, 1.82) is 0 Å². The molecule has 2 aromatic carbocycles. The third kappa shape index (κ3) is 4.19. The summed E-state index contributed by atoms with van der Waals surface area (Å²) in [5.74, 6) is -2.70. The Morgan fingerprint density at radius 2 is 1.88 bits per heavy atom. The minimum absolute atomic E-state index is 0.178. The molecule has 0 bridgehead atoms. The molecule has 9 heteroatoms. The molecule has 0 aliphatic rings. The number of carbonyl (C=O) groups excluding carboxylic acids is 1. The van der Waals surface area contributed by atoms with Crippen LogP contribution in [0.4, 0.5) is 20.2 Å². The number of nitro benzene ring substituents is 1. The minimum atomic E-state index is -1.24. The second kappa shape index (κ2) is 7.56. The molecule has 0 unspecified atom stereocenters. The fourth-order valence-electron chi connectivity index (χ4n) is 1.95. The molecule has 0 heterocycles. The maximum absolute atomic E-state index is 13.6. The lowest BCUT2D eigenvalue weighted by atomic mass is 10.2. The standard InChI is InChI=1S/C16H14F2N2O5/c1-9(16(21)19-15-11(17)4-3-5-12(15)18)25-14-7-6-10(24-2)8-13(14)20(22)23/h3-9H,1-2H3,(H,19,21)/t9-/m0/s1. The van der Waals surface area contributed by atoms with E-state index in [-0.39, 0.29) is 11.5 Å². The van der Waals surface area contributed by atoms with E-state index < -0.39 is 39.9 Å². The molecule has 132 valence electrons. The van der Waals surface area contributed by atoms with Gasteiger partial charge in [-0.15, -0.1) is 0 Å². The largest absolute Gasteiger partial charge is 0.496 e. The van der Waals surface area contributed by atoms with Crippen molar-refractivity contribution in [2.45, 2.75) is 13.0 Å². The molecule has 0 aromatic heterocycles. The summed E-state index contributed by atoms with van der Waals surface area (Å²) >= 11 is 0. The average Bonchev–Trinajstić information content (AvgIpc) is 2.58. The number of amides is 1. The maximum atomic E-state index is 13.6. The number of anilines is 1. The van der Waals surface area contributed by atoms with E-state index in [1.54, 1.807) is 0 Å². The SMILES string of the molecule is COc1ccc(O[C@@H](C)C(=O)Nc2c(F)cccc2F)c([N+](=O)[O-])c1. The summed E-state index contributed by atoms with van der Waals surface area (Å²) in [5, 5.41) is 13.2. The summed E-state index contributed by atoms with van der Waals surface area (Å²) in [4.78, 5) is 22.5. The van der Waals surface area contributed by atoms with E-state index in [1.165, 1.54) is 26.2 Å². The van der Waals surface area contributed by atoms with Gasteiger partial charge in [0.2, 0.25) is 0 Å². The number of nitrogens with one attached hydrogen (secondary N) is 1. The smallest absolute Gasteiger partial charge is 0.314 e. The van der Waals surface area contributed by atoms with Crippen LogP contribution in [0.2, 0.25) is 0 Å². The molecule has 1 atom stereocenters. The Kier molecular flexibility index (Phi) is 5.48. The van der Waals surface area contributed by atoms with Crippen LogP contribution in [0.25, 0.3) is 0 Å². The van der Waals surface area contributed by atoms with Crippen molar-refractivity contribution in [1.82, 2.24) is 0 Å². The van der Waals surface area contributed by atoms with Gasteiger partial charge in [0.05, 0.1) is 18.1 Å². The number of para-hydroxylation sites is 1. The van der Waals surface area contributed by atoms with Gasteiger partial charge in [0.1, 0.15) is 23.1 Å². The summed E-state index contributed by atoms with van der Waals surface area (Å²) in [7, 11) is 1.35. The van der Waals surface area contributed by atoms with E-state index in [0.717, 1.165) is 24.3 Å². The van der Waals surface area contributed by atoms with E-state index in [9.17, 15) is 23.7 Å². The van der Waals surface area contributed by atoms with Gasteiger partial charge in [-0.3, -0.25) is 14.9 Å². The Labute approximate surface area is 141 Å². The van der Waals surface area contributed by atoms with Crippen LogP contribution in [0, 0.1) is 21.7 Å². The Morgan fingerprint density at radius 1 is 1.24 bits per heavy atom. The molecule has 0 spiro atoms. The quantitative estimate of drug-likeness (QED) is 0.636. The van der Waals surface area contributed by atoms with Crippen LogP contribution >= 0.6 is 0 Å². The molecule has 1 amide bonds. The Hall–Kier alpha value is -3.23. The zero-order valence-corrected chi connectivity index (χ0v) is 13.3. The van der Waals surface area contributed by atoms with E-state index >= 15 is 0 Å². The normalized spacial score (nSPS) is 11.5. The van der Waals surface area contributed by atoms with Crippen molar-refractivity contribution in [3.05, 3.63) is 58.1 Å². The number of hydrogen-bond donors (Lipinski definition) is 1. The number of nitro groups is 1. The number of rotatable bonds is 6. The number of carbonyl (C=O) groups is 1. The van der Waals surface area contributed by atoms with Crippen LogP contribution in [0.3, 0.4) is 0 Å². The van der Waals surface area contributed by atoms with Gasteiger partial charge in [-0.1, -0.05) is 6.07 Å². The predicted octanol–water partition coefficient (Wildman–Crippen LogP) is 3.29. The molecule has 0 radical (unpaired) electrons. The lowest BCUT2D eigenvalue weighted by molar-refractivity contribution is -0.386. The van der Waals surface area contributed by atoms with Gasteiger partial charge in [-0.05, 0) is 31.2 Å². The summed E-state index contributed by atoms with van der Waals surface area (Å²) < 4.78 is 37.3. The van der Waals surface area contributed by atoms with Gasteiger partial charge < -0.3 is 14.8 Å². The number of hydrogen-bond acceptors (Lipinski definition) is 5. The molecule has 0 saturated carbocycles. The van der Waals surface area contributed by atoms with Crippen molar-refractivity contribution < 1.29 is 28.0 Å². The molecule has 2 aromatic rings. The van der Waals surface area contributed by atoms with Crippen molar-refractivity contribution in [3.8, 4) is 11.5 Å². The van der Waals surface area contributed by atoms with Crippen molar-refractivity contribution in [2.75, 3.05) is 12.4 Å². The van der Waals surface area contributed by atoms with Crippen LogP contribution in [-0.4, -0.2) is 24.0 Å². The molecule has 0 saturated heterocycles. The highest BCUT2D eigenvalue weighted by molar-refractivity contribution is 5.94. The third-order valence-corrected chi connectivity index (χ3v) is 3.25. The van der Waals surface area contributed by atoms with Crippen molar-refractivity contribution in [2.24, 2.45) is 0 Å². The van der Waals surface area contributed by atoms with E-state index in [2.05, 4.69) is 5.32 Å². The second-order valence-electron chi connectivity index (χ2n) is 4.94. The molecule has 7 nitrogen and oxygen atoms in total. The molecule has 1 N–H and O–H groups in total. The topological polar surface area (TPSA) is 90.7 Å². The van der Waals surface area contributed by atoms with Crippen molar-refractivity contribution >= 4 is 17.3 Å². The van der Waals surface area contributed by atoms with Gasteiger partial charge in [-0.25, -0.2) is 8.78 Å². The molecule has 0 aliphatic carbocycles. The van der Waals surface area contributed by atoms with Crippen molar-refractivity contribution in [3.63, 3.8) is 0 Å². The van der Waals surface area contributed by atoms with Crippen LogP contribution < -0.4 is 14.8 Å². The summed E-state index contributed by atoms with van der Waals surface area (Å²) in [6, 6.07) is 6.95. The molecule has 0 fully saturated rings. The maximum Gasteiger partial charge on any atom is 0.314 e. The fourth-order valence-corrected chi connectivity index (χ4v) is 1.95. The zero-order chi connectivity index (χ0) is 18.6. The molecule has 0 aliphatic heterocycles.